The third-order valence-electron chi connectivity index (χ3n) is 2.57. The van der Waals surface area contributed by atoms with Crippen LogP contribution in [0.3, 0.4) is 0 Å². The van der Waals surface area contributed by atoms with Gasteiger partial charge in [0.2, 0.25) is 0 Å². The number of phenols is 1. The summed E-state index contributed by atoms with van der Waals surface area (Å²) in [5, 5.41) is 12.6. The first-order valence-electron chi connectivity index (χ1n) is 4.93. The first-order valence-corrected chi connectivity index (χ1v) is 4.93. The van der Waals surface area contributed by atoms with Crippen LogP contribution >= 0.6 is 0 Å². The molecule has 2 unspecified atom stereocenters. The molecule has 2 N–H and O–H groups in total. The minimum Gasteiger partial charge on any atom is -0.508 e. The van der Waals surface area contributed by atoms with Gasteiger partial charge in [-0.2, -0.15) is 0 Å². The molecule has 1 aromatic rings. The molecule has 3 nitrogen and oxygen atoms in total. The fourth-order valence-corrected chi connectivity index (χ4v) is 1.73. The zero-order valence-electron chi connectivity index (χ0n) is 8.23. The molecule has 1 aliphatic rings. The normalized spacial score (nSPS) is 26.4. The molecule has 1 fully saturated rings. The van der Waals surface area contributed by atoms with Gasteiger partial charge in [-0.25, -0.2) is 0 Å². The first kappa shape index (κ1) is 9.34. The van der Waals surface area contributed by atoms with Gasteiger partial charge in [-0.05, 0) is 25.5 Å². The minimum atomic E-state index is 0.248. The van der Waals surface area contributed by atoms with E-state index in [1.54, 1.807) is 12.1 Å². The van der Waals surface area contributed by atoms with E-state index in [1.807, 2.05) is 12.1 Å². The van der Waals surface area contributed by atoms with E-state index in [0.29, 0.717) is 11.8 Å². The lowest BCUT2D eigenvalue weighted by atomic mass is 10.1. The van der Waals surface area contributed by atoms with Crippen molar-refractivity contribution in [2.75, 3.05) is 11.9 Å². The second kappa shape index (κ2) is 3.88. The van der Waals surface area contributed by atoms with Crippen LogP contribution in [0.15, 0.2) is 24.3 Å². The zero-order chi connectivity index (χ0) is 9.97. The van der Waals surface area contributed by atoms with Crippen molar-refractivity contribution < 1.29 is 9.84 Å². The monoisotopic (exact) mass is 193 g/mol. The number of benzene rings is 1. The molecule has 1 saturated heterocycles. The van der Waals surface area contributed by atoms with Crippen molar-refractivity contribution in [3.8, 4) is 5.75 Å². The highest BCUT2D eigenvalue weighted by Crippen LogP contribution is 2.21. The van der Waals surface area contributed by atoms with Crippen molar-refractivity contribution in [1.82, 2.24) is 0 Å². The topological polar surface area (TPSA) is 41.5 Å². The zero-order valence-corrected chi connectivity index (χ0v) is 8.23. The van der Waals surface area contributed by atoms with Crippen LogP contribution in [0.4, 0.5) is 5.69 Å². The molecule has 3 heteroatoms. The first-order chi connectivity index (χ1) is 6.75. The second-order valence-electron chi connectivity index (χ2n) is 3.67. The molecule has 0 bridgehead atoms. The van der Waals surface area contributed by atoms with Gasteiger partial charge >= 0.3 is 0 Å². The summed E-state index contributed by atoms with van der Waals surface area (Å²) >= 11 is 0. The molecule has 0 radical (unpaired) electrons. The summed E-state index contributed by atoms with van der Waals surface area (Å²) in [4.78, 5) is 0. The number of nitrogens with one attached hydrogen (secondary N) is 1. The van der Waals surface area contributed by atoms with E-state index in [9.17, 15) is 5.11 Å². The molecular formula is C11H15NO2. The average molecular weight is 193 g/mol. The minimum absolute atomic E-state index is 0.248. The molecule has 0 amide bonds. The summed E-state index contributed by atoms with van der Waals surface area (Å²) in [5.41, 5.74) is 0.951. The molecular weight excluding hydrogens is 178 g/mol. The number of hydrogen-bond donors (Lipinski definition) is 2. The average Bonchev–Trinajstić information content (AvgIpc) is 2.52. The highest BCUT2D eigenvalue weighted by atomic mass is 16.5. The van der Waals surface area contributed by atoms with Crippen molar-refractivity contribution in [2.24, 2.45) is 0 Å². The highest BCUT2D eigenvalue weighted by molar-refractivity contribution is 5.48. The number of anilines is 1. The van der Waals surface area contributed by atoms with Gasteiger partial charge in [0.25, 0.3) is 0 Å². The molecule has 1 aliphatic heterocycles. The largest absolute Gasteiger partial charge is 0.508 e. The predicted molar refractivity (Wildman–Crippen MR) is 55.5 cm³/mol. The van der Waals surface area contributed by atoms with Crippen molar-refractivity contribution in [2.45, 2.75) is 25.5 Å². The van der Waals surface area contributed by atoms with Crippen LogP contribution in [0, 0.1) is 0 Å². The number of rotatable bonds is 2. The maximum atomic E-state index is 9.28. The summed E-state index contributed by atoms with van der Waals surface area (Å²) in [6.07, 6.45) is 1.27. The molecule has 1 aromatic carbocycles. The smallest absolute Gasteiger partial charge is 0.117 e. The fraction of sp³-hybridized carbons (Fsp3) is 0.455. The Labute approximate surface area is 83.7 Å². The molecule has 0 spiro atoms. The Morgan fingerprint density at radius 1 is 1.50 bits per heavy atom. The summed E-state index contributed by atoms with van der Waals surface area (Å²) in [6, 6.07) is 7.53. The van der Waals surface area contributed by atoms with Gasteiger partial charge in [-0.1, -0.05) is 6.07 Å². The van der Waals surface area contributed by atoms with E-state index >= 15 is 0 Å². The fourth-order valence-electron chi connectivity index (χ4n) is 1.73. The van der Waals surface area contributed by atoms with Crippen molar-refractivity contribution in [1.29, 1.82) is 0 Å². The van der Waals surface area contributed by atoms with Gasteiger partial charge in [0.15, 0.2) is 0 Å². The Bertz CT molecular complexity index is 314. The van der Waals surface area contributed by atoms with Crippen LogP contribution in [0.5, 0.6) is 5.75 Å². The SMILES string of the molecule is CC1OCCC1Nc1cccc(O)c1. The van der Waals surface area contributed by atoms with Crippen LogP contribution in [0.2, 0.25) is 0 Å². The van der Waals surface area contributed by atoms with Crippen LogP contribution < -0.4 is 5.32 Å². The molecule has 0 saturated carbocycles. The van der Waals surface area contributed by atoms with Gasteiger partial charge in [-0.3, -0.25) is 0 Å². The summed E-state index contributed by atoms with van der Waals surface area (Å²) in [7, 11) is 0. The molecule has 2 rings (SSSR count). The van der Waals surface area contributed by atoms with E-state index in [0.717, 1.165) is 18.7 Å². The third-order valence-corrected chi connectivity index (χ3v) is 2.57. The third kappa shape index (κ3) is 1.99. The van der Waals surface area contributed by atoms with Gasteiger partial charge in [0.05, 0.1) is 12.1 Å². The van der Waals surface area contributed by atoms with E-state index in [2.05, 4.69) is 12.2 Å². The Morgan fingerprint density at radius 2 is 2.36 bits per heavy atom. The van der Waals surface area contributed by atoms with E-state index in [4.69, 9.17) is 4.74 Å². The van der Waals surface area contributed by atoms with Gasteiger partial charge in [0, 0.05) is 18.4 Å². The van der Waals surface area contributed by atoms with E-state index in [-0.39, 0.29) is 6.10 Å². The number of ether oxygens (including phenoxy) is 1. The van der Waals surface area contributed by atoms with Crippen LogP contribution in [0.1, 0.15) is 13.3 Å². The predicted octanol–water partition coefficient (Wildman–Crippen LogP) is 1.98. The molecule has 14 heavy (non-hydrogen) atoms. The Morgan fingerprint density at radius 3 is 3.00 bits per heavy atom. The Balaban J connectivity index is 2.03. The quantitative estimate of drug-likeness (QED) is 0.754. The molecule has 0 aromatic heterocycles. The van der Waals surface area contributed by atoms with Crippen LogP contribution in [-0.4, -0.2) is 23.9 Å². The standard InChI is InChI=1S/C11H15NO2/c1-8-11(5-6-14-8)12-9-3-2-4-10(13)7-9/h2-4,7-8,11-13H,5-6H2,1H3. The lowest BCUT2D eigenvalue weighted by Gasteiger charge is -2.17. The molecule has 2 atom stereocenters. The molecule has 0 aliphatic carbocycles. The Hall–Kier alpha value is -1.22. The second-order valence-corrected chi connectivity index (χ2v) is 3.67. The summed E-state index contributed by atoms with van der Waals surface area (Å²) < 4.78 is 5.44. The maximum Gasteiger partial charge on any atom is 0.117 e. The molecule has 76 valence electrons. The lowest BCUT2D eigenvalue weighted by Crippen LogP contribution is -2.26. The van der Waals surface area contributed by atoms with Gasteiger partial charge < -0.3 is 15.2 Å². The van der Waals surface area contributed by atoms with Crippen molar-refractivity contribution in [3.05, 3.63) is 24.3 Å². The maximum absolute atomic E-state index is 9.28. The highest BCUT2D eigenvalue weighted by Gasteiger charge is 2.23. The Kier molecular flexibility index (Phi) is 2.59. The van der Waals surface area contributed by atoms with Crippen LogP contribution in [0.25, 0.3) is 0 Å². The summed E-state index contributed by atoms with van der Waals surface area (Å²) in [5.74, 6) is 0.293. The van der Waals surface area contributed by atoms with Gasteiger partial charge in [-0.15, -0.1) is 0 Å². The van der Waals surface area contributed by atoms with Crippen LogP contribution in [-0.2, 0) is 4.74 Å². The number of aromatic hydroxyl groups is 1. The molecule has 1 heterocycles. The van der Waals surface area contributed by atoms with E-state index < -0.39 is 0 Å². The summed E-state index contributed by atoms with van der Waals surface area (Å²) in [6.45, 7) is 2.88. The number of hydrogen-bond acceptors (Lipinski definition) is 3. The van der Waals surface area contributed by atoms with Crippen molar-refractivity contribution >= 4 is 5.69 Å². The van der Waals surface area contributed by atoms with Gasteiger partial charge in [0.1, 0.15) is 5.75 Å². The number of phenolic OH excluding ortho intramolecular Hbond substituents is 1. The van der Waals surface area contributed by atoms with Crippen molar-refractivity contribution in [3.63, 3.8) is 0 Å². The van der Waals surface area contributed by atoms with E-state index in [1.165, 1.54) is 0 Å². The lowest BCUT2D eigenvalue weighted by molar-refractivity contribution is 0.121.